The first kappa shape index (κ1) is 19.9. The van der Waals surface area contributed by atoms with Gasteiger partial charge in [-0.2, -0.15) is 0 Å². The van der Waals surface area contributed by atoms with E-state index in [0.717, 1.165) is 22.2 Å². The Labute approximate surface area is 180 Å². The molecule has 0 aliphatic heterocycles. The van der Waals surface area contributed by atoms with E-state index >= 15 is 0 Å². The summed E-state index contributed by atoms with van der Waals surface area (Å²) in [5, 5.41) is 4.33. The fraction of sp³-hybridized carbons (Fsp3) is 0.120. The molecule has 0 saturated heterocycles. The van der Waals surface area contributed by atoms with Crippen LogP contribution in [0.3, 0.4) is 0 Å². The first-order chi connectivity index (χ1) is 14.5. The average Bonchev–Trinajstić information content (AvgIpc) is 3.11. The Morgan fingerprint density at radius 2 is 1.67 bits per heavy atom. The Bertz CT molecular complexity index is 1230. The van der Waals surface area contributed by atoms with Crippen molar-refractivity contribution in [3.05, 3.63) is 89.4 Å². The van der Waals surface area contributed by atoms with Crippen LogP contribution in [0.2, 0.25) is 5.02 Å². The molecular formula is C25H21ClN2O2. The maximum atomic E-state index is 12.6. The lowest BCUT2D eigenvalue weighted by molar-refractivity contribution is -0.117. The van der Waals surface area contributed by atoms with E-state index < -0.39 is 0 Å². The first-order valence-electron chi connectivity index (χ1n) is 9.77. The van der Waals surface area contributed by atoms with Crippen molar-refractivity contribution in [2.45, 2.75) is 19.9 Å². The van der Waals surface area contributed by atoms with Gasteiger partial charge in [-0.25, -0.2) is 0 Å². The van der Waals surface area contributed by atoms with E-state index in [2.05, 4.69) is 28.1 Å². The molecule has 0 fully saturated rings. The van der Waals surface area contributed by atoms with E-state index in [4.69, 9.17) is 11.6 Å². The fourth-order valence-electron chi connectivity index (χ4n) is 3.55. The van der Waals surface area contributed by atoms with Crippen molar-refractivity contribution >= 4 is 39.9 Å². The summed E-state index contributed by atoms with van der Waals surface area (Å²) in [5.74, 6) is -0.0984. The molecule has 3 aromatic carbocycles. The van der Waals surface area contributed by atoms with E-state index in [9.17, 15) is 9.59 Å². The molecule has 0 aliphatic rings. The zero-order valence-corrected chi connectivity index (χ0v) is 17.3. The third kappa shape index (κ3) is 4.14. The predicted molar refractivity (Wildman–Crippen MR) is 122 cm³/mol. The maximum absolute atomic E-state index is 12.6. The van der Waals surface area contributed by atoms with Crippen molar-refractivity contribution in [1.29, 1.82) is 0 Å². The number of halogens is 1. The summed E-state index contributed by atoms with van der Waals surface area (Å²) in [6.07, 6.45) is 0.467. The number of aromatic nitrogens is 1. The Morgan fingerprint density at radius 1 is 0.933 bits per heavy atom. The molecule has 0 aliphatic carbocycles. The van der Waals surface area contributed by atoms with Crippen LogP contribution in [0, 0.1) is 0 Å². The lowest BCUT2D eigenvalue weighted by Gasteiger charge is -2.11. The smallest absolute Gasteiger partial charge is 0.257 e. The van der Waals surface area contributed by atoms with E-state index in [-0.39, 0.29) is 11.7 Å². The van der Waals surface area contributed by atoms with Crippen molar-refractivity contribution in [3.8, 4) is 11.3 Å². The van der Waals surface area contributed by atoms with Gasteiger partial charge in [-0.15, -0.1) is 0 Å². The number of benzene rings is 3. The number of carbonyl (C=O) groups excluding carboxylic acids is 2. The highest BCUT2D eigenvalue weighted by Gasteiger charge is 2.14. The number of amides is 1. The van der Waals surface area contributed by atoms with Gasteiger partial charge in [0.2, 0.25) is 0 Å². The summed E-state index contributed by atoms with van der Waals surface area (Å²) >= 11 is 6.14. The third-order valence-electron chi connectivity index (χ3n) is 5.03. The van der Waals surface area contributed by atoms with Crippen LogP contribution in [-0.2, 0) is 11.3 Å². The molecule has 5 heteroatoms. The lowest BCUT2D eigenvalue weighted by atomic mass is 10.1. The molecule has 1 N–H and O–H groups in total. The highest BCUT2D eigenvalue weighted by Crippen LogP contribution is 2.30. The number of hydrogen-bond acceptors (Lipinski definition) is 2. The quantitative estimate of drug-likeness (QED) is 0.407. The number of anilines is 1. The van der Waals surface area contributed by atoms with Gasteiger partial charge in [0.1, 0.15) is 5.78 Å². The molecule has 0 unspecified atom stereocenters. The Balaban J connectivity index is 1.71. The van der Waals surface area contributed by atoms with Crippen LogP contribution in [0.1, 0.15) is 23.7 Å². The number of rotatable bonds is 6. The number of nitrogens with one attached hydrogen (secondary N) is 1. The van der Waals surface area contributed by atoms with Crippen molar-refractivity contribution in [1.82, 2.24) is 4.57 Å². The number of aryl methyl sites for hydroxylation is 1. The Morgan fingerprint density at radius 3 is 2.40 bits per heavy atom. The van der Waals surface area contributed by atoms with Crippen LogP contribution < -0.4 is 5.32 Å². The second-order valence-electron chi connectivity index (χ2n) is 7.21. The van der Waals surface area contributed by atoms with Crippen LogP contribution in [0.4, 0.5) is 5.69 Å². The van der Waals surface area contributed by atoms with Crippen LogP contribution >= 0.6 is 11.6 Å². The van der Waals surface area contributed by atoms with E-state index in [1.165, 1.54) is 0 Å². The molecule has 0 radical (unpaired) electrons. The highest BCUT2D eigenvalue weighted by atomic mass is 35.5. The minimum Gasteiger partial charge on any atom is -0.340 e. The molecule has 30 heavy (non-hydrogen) atoms. The van der Waals surface area contributed by atoms with E-state index in [0.29, 0.717) is 29.2 Å². The van der Waals surface area contributed by atoms with Gasteiger partial charge in [-0.1, -0.05) is 54.1 Å². The Hall–Kier alpha value is -3.37. The predicted octanol–water partition coefficient (Wildman–Crippen LogP) is 6.19. The van der Waals surface area contributed by atoms with Gasteiger partial charge in [0, 0.05) is 35.2 Å². The van der Waals surface area contributed by atoms with Crippen molar-refractivity contribution in [3.63, 3.8) is 0 Å². The number of carbonyl (C=O) groups is 2. The zero-order chi connectivity index (χ0) is 21.1. The normalized spacial score (nSPS) is 10.9. The van der Waals surface area contributed by atoms with Crippen LogP contribution in [-0.4, -0.2) is 16.3 Å². The summed E-state index contributed by atoms with van der Waals surface area (Å²) in [5.41, 5.74) is 4.27. The van der Waals surface area contributed by atoms with Crippen molar-refractivity contribution < 1.29 is 9.59 Å². The molecular weight excluding hydrogens is 396 g/mol. The molecule has 1 aromatic heterocycles. The molecule has 0 bridgehead atoms. The number of hydrogen-bond donors (Lipinski definition) is 1. The maximum Gasteiger partial charge on any atom is 0.257 e. The second kappa shape index (κ2) is 8.56. The minimum atomic E-state index is -0.251. The fourth-order valence-corrected chi connectivity index (χ4v) is 3.77. The van der Waals surface area contributed by atoms with Crippen LogP contribution in [0.25, 0.3) is 22.2 Å². The Kier molecular flexibility index (Phi) is 5.68. The van der Waals surface area contributed by atoms with Gasteiger partial charge in [-0.3, -0.25) is 9.59 Å². The largest absolute Gasteiger partial charge is 0.340 e. The van der Waals surface area contributed by atoms with Crippen LogP contribution in [0.5, 0.6) is 0 Å². The topological polar surface area (TPSA) is 51.1 Å². The molecule has 0 atom stereocenters. The molecule has 1 heterocycles. The highest BCUT2D eigenvalue weighted by molar-refractivity contribution is 6.34. The zero-order valence-electron chi connectivity index (χ0n) is 16.6. The van der Waals surface area contributed by atoms with Crippen LogP contribution in [0.15, 0.2) is 78.9 Å². The first-order valence-corrected chi connectivity index (χ1v) is 10.1. The van der Waals surface area contributed by atoms with Crippen molar-refractivity contribution in [2.24, 2.45) is 0 Å². The third-order valence-corrected chi connectivity index (χ3v) is 5.36. The molecule has 4 rings (SSSR count). The lowest BCUT2D eigenvalue weighted by Crippen LogP contribution is -2.12. The SMILES string of the molecule is CC(=O)CCn1c(-c2ccccc2)cc2cc(NC(=O)c3ccccc3Cl)ccc21. The molecule has 4 nitrogen and oxygen atoms in total. The van der Waals surface area contributed by atoms with Gasteiger partial charge in [0.25, 0.3) is 5.91 Å². The summed E-state index contributed by atoms with van der Waals surface area (Å²) in [4.78, 5) is 24.2. The molecule has 0 saturated carbocycles. The van der Waals surface area contributed by atoms with Gasteiger partial charge in [0.05, 0.1) is 10.6 Å². The monoisotopic (exact) mass is 416 g/mol. The van der Waals surface area contributed by atoms with Gasteiger partial charge >= 0.3 is 0 Å². The van der Waals surface area contributed by atoms with Gasteiger partial charge < -0.3 is 9.88 Å². The summed E-state index contributed by atoms with van der Waals surface area (Å²) in [6, 6.07) is 24.9. The van der Waals surface area contributed by atoms with E-state index in [1.54, 1.807) is 31.2 Å². The number of ketones is 1. The van der Waals surface area contributed by atoms with Gasteiger partial charge in [0.15, 0.2) is 0 Å². The minimum absolute atomic E-state index is 0.152. The average molecular weight is 417 g/mol. The number of fused-ring (bicyclic) bond motifs is 1. The van der Waals surface area contributed by atoms with E-state index in [1.807, 2.05) is 36.4 Å². The molecule has 1 amide bonds. The molecule has 0 spiro atoms. The second-order valence-corrected chi connectivity index (χ2v) is 7.61. The summed E-state index contributed by atoms with van der Waals surface area (Å²) in [7, 11) is 0. The number of nitrogens with zero attached hydrogens (tertiary/aromatic N) is 1. The standard InChI is InChI=1S/C25H21ClN2O2/c1-17(29)13-14-28-23-12-11-20(27-25(30)21-9-5-6-10-22(21)26)15-19(23)16-24(28)18-7-3-2-4-8-18/h2-12,15-16H,13-14H2,1H3,(H,27,30). The molecule has 4 aromatic rings. The summed E-state index contributed by atoms with van der Waals surface area (Å²) < 4.78 is 2.16. The molecule has 150 valence electrons. The van der Waals surface area contributed by atoms with Gasteiger partial charge in [-0.05, 0) is 48.9 Å². The summed E-state index contributed by atoms with van der Waals surface area (Å²) in [6.45, 7) is 2.21. The number of Topliss-reactive ketones (excluding diaryl/α,β-unsaturated/α-hetero) is 1. The van der Waals surface area contributed by atoms with Crippen molar-refractivity contribution in [2.75, 3.05) is 5.32 Å².